The number of Topliss-reactive ketones (excluding diaryl/α,β-unsaturated/α-hetero) is 1. The van der Waals surface area contributed by atoms with E-state index >= 15 is 4.79 Å². The van der Waals surface area contributed by atoms with Gasteiger partial charge in [-0.05, 0) is 71.7 Å². The first-order valence-electron chi connectivity index (χ1n) is 24.9. The van der Waals surface area contributed by atoms with E-state index in [2.05, 4.69) is 4.99 Å². The summed E-state index contributed by atoms with van der Waals surface area (Å²) in [6, 6.07) is 10.1. The van der Waals surface area contributed by atoms with Crippen LogP contribution in [-0.4, -0.2) is 145 Å². The maximum Gasteiger partial charge on any atom is 0.344 e. The van der Waals surface area contributed by atoms with Crippen LogP contribution in [0.3, 0.4) is 0 Å². The Kier molecular flexibility index (Phi) is 12.6. The maximum absolute atomic E-state index is 15.0. The van der Waals surface area contributed by atoms with E-state index < -0.39 is 127 Å². The molecule has 5 fully saturated rings. The number of rotatable bonds is 8. The third-order valence-electron chi connectivity index (χ3n) is 15.7. The number of hydrogen-bond acceptors (Lipinski definition) is 19. The van der Waals surface area contributed by atoms with Crippen molar-refractivity contribution in [2.75, 3.05) is 0 Å². The van der Waals surface area contributed by atoms with Crippen molar-refractivity contribution >= 4 is 51.1 Å². The zero-order chi connectivity index (χ0) is 50.8. The highest BCUT2D eigenvalue weighted by Crippen LogP contribution is 2.58. The normalized spacial score (nSPS) is 40.6. The largest absolute Gasteiger partial charge is 0.507 e. The third kappa shape index (κ3) is 8.21. The first-order valence-corrected chi connectivity index (χ1v) is 24.9. The highest BCUT2D eigenvalue weighted by atomic mass is 16.7. The quantitative estimate of drug-likeness (QED) is 0.124. The Bertz CT molecular complexity index is 2960. The lowest BCUT2D eigenvalue weighted by atomic mass is 9.59. The molecule has 17 atom stereocenters. The molecule has 7 aliphatic rings. The van der Waals surface area contributed by atoms with E-state index in [-0.39, 0.29) is 69.2 Å². The number of nitrogens with zero attached hydrogens (tertiary/aromatic N) is 1. The van der Waals surface area contributed by atoms with Gasteiger partial charge in [-0.1, -0.05) is 24.3 Å². The highest BCUT2D eigenvalue weighted by Gasteiger charge is 2.67. The van der Waals surface area contributed by atoms with E-state index in [1.165, 1.54) is 31.2 Å². The van der Waals surface area contributed by atoms with Crippen molar-refractivity contribution in [2.24, 2.45) is 4.99 Å². The number of aromatic hydroxyl groups is 2. The molecule has 7 N–H and O–H groups in total. The fourth-order valence-electron chi connectivity index (χ4n) is 12.1. The van der Waals surface area contributed by atoms with Gasteiger partial charge in [0.25, 0.3) is 0 Å². The van der Waals surface area contributed by atoms with Crippen molar-refractivity contribution in [3.63, 3.8) is 0 Å². The van der Waals surface area contributed by atoms with Gasteiger partial charge in [-0.25, -0.2) is 4.79 Å². The second-order valence-corrected chi connectivity index (χ2v) is 20.9. The summed E-state index contributed by atoms with van der Waals surface area (Å²) in [5.74, 6) is -1.55. The standard InChI is InChI=1S/C53H61NO18/c1-23-34(68-40-18-33(56)46(58)25(3)66-40)12-14-38(64-23)70-36-19-41(67-26(4)47(36)59)69-35-13-15-39(65-24(35)2)72-53-37(57)20-51(5,62)22-52(53,63)17-16-29-45(53)49-43-28(10-11-32(55)44(43)48(29)60)42(50(61)71-49)30-21-54-31-9-7-6-8-27(30)31/h6-11,16-17,21,23-26,33-36,38-41,46-47,55-56,58-60,62-63H,12-15,18-20,22H2,1-5H3/b42-30+/t23-,24-,25+,26+,33+,34-,35-,36+,38-,39-,40-,41-,46+,47+,51-,52-,53-/m0/s1. The van der Waals surface area contributed by atoms with Crippen LogP contribution in [0.2, 0.25) is 0 Å². The molecule has 6 heterocycles. The number of phenols is 2. The van der Waals surface area contributed by atoms with E-state index in [9.17, 15) is 40.5 Å². The first-order chi connectivity index (χ1) is 34.3. The van der Waals surface area contributed by atoms with Gasteiger partial charge < -0.3 is 78.1 Å². The number of aliphatic hydroxyl groups excluding tert-OH is 3. The van der Waals surface area contributed by atoms with Gasteiger partial charge in [-0.15, -0.1) is 0 Å². The predicted molar refractivity (Wildman–Crippen MR) is 255 cm³/mol. The van der Waals surface area contributed by atoms with Crippen LogP contribution in [0.5, 0.6) is 11.5 Å². The third-order valence-corrected chi connectivity index (χ3v) is 15.7. The molecule has 5 aliphatic heterocycles. The fraction of sp³-hybridized carbons (Fsp3) is 0.566. The van der Waals surface area contributed by atoms with E-state index in [0.717, 1.165) is 0 Å². The summed E-state index contributed by atoms with van der Waals surface area (Å²) in [4.78, 5) is 34.0. The SMILES string of the molecule is C[C@@H]1O[C@@H](O[C@]23C(=O)C[C@](C)(O)C[C@@]2(O)C=Cc2c3c3oc(=O)/c(=C4\C=Nc5ccccc54)c4ccc(O)c(c2O)c34)CC[C@@H]1O[C@H]1C[C@@H](O[C@H]2CC[C@H](O[C@H]3C[C@@H](O)[C@H](O)[C@@H](C)O3)[C@H](C)O2)[C@H](O)[C@@H](C)O1. The van der Waals surface area contributed by atoms with Gasteiger partial charge in [0, 0.05) is 77.8 Å². The Morgan fingerprint density at radius 3 is 2.07 bits per heavy atom. The molecule has 4 aromatic rings. The zero-order valence-electron chi connectivity index (χ0n) is 40.5. The molecule has 0 unspecified atom stereocenters. The van der Waals surface area contributed by atoms with Crippen LogP contribution < -0.4 is 10.8 Å². The van der Waals surface area contributed by atoms with Gasteiger partial charge in [-0.3, -0.25) is 9.79 Å². The van der Waals surface area contributed by atoms with E-state index in [1.54, 1.807) is 33.1 Å². The van der Waals surface area contributed by atoms with Crippen molar-refractivity contribution in [3.8, 4) is 11.5 Å². The summed E-state index contributed by atoms with van der Waals surface area (Å²) in [5, 5.41) is 79.8. The van der Waals surface area contributed by atoms with Crippen LogP contribution >= 0.6 is 0 Å². The van der Waals surface area contributed by atoms with Crippen molar-refractivity contribution in [1.29, 1.82) is 0 Å². The lowest BCUT2D eigenvalue weighted by Gasteiger charge is -2.54. The average molecular weight is 1000 g/mol. The predicted octanol–water partition coefficient (Wildman–Crippen LogP) is 3.63. The van der Waals surface area contributed by atoms with Crippen molar-refractivity contribution in [3.05, 3.63) is 74.8 Å². The number of phenolic OH excluding ortho intramolecular Hbond substituents is 2. The highest BCUT2D eigenvalue weighted by molar-refractivity contribution is 6.21. The van der Waals surface area contributed by atoms with Crippen molar-refractivity contribution in [2.45, 2.75) is 189 Å². The van der Waals surface area contributed by atoms with Gasteiger partial charge >= 0.3 is 5.63 Å². The van der Waals surface area contributed by atoms with Crippen LogP contribution in [0.1, 0.15) is 103 Å². The summed E-state index contributed by atoms with van der Waals surface area (Å²) in [6.07, 6.45) is -5.38. The van der Waals surface area contributed by atoms with Crippen molar-refractivity contribution in [1.82, 2.24) is 0 Å². The molecule has 4 saturated heterocycles. The maximum atomic E-state index is 15.0. The summed E-state index contributed by atoms with van der Waals surface area (Å²) in [6.45, 7) is 8.44. The van der Waals surface area contributed by atoms with E-state index in [4.69, 9.17) is 42.3 Å². The van der Waals surface area contributed by atoms with Crippen molar-refractivity contribution < 1.29 is 82.9 Å². The lowest BCUT2D eigenvalue weighted by molar-refractivity contribution is -0.333. The van der Waals surface area contributed by atoms with Gasteiger partial charge in [0.1, 0.15) is 34.9 Å². The lowest BCUT2D eigenvalue weighted by Crippen LogP contribution is -2.67. The van der Waals surface area contributed by atoms with E-state index in [1.807, 2.05) is 25.1 Å². The zero-order valence-corrected chi connectivity index (χ0v) is 40.5. The number of hydrogen-bond donors (Lipinski definition) is 7. The molecule has 0 amide bonds. The summed E-state index contributed by atoms with van der Waals surface area (Å²) in [7, 11) is 0. The smallest absolute Gasteiger partial charge is 0.344 e. The molecule has 1 aromatic heterocycles. The van der Waals surface area contributed by atoms with Crippen LogP contribution in [0, 0.1) is 0 Å². The monoisotopic (exact) mass is 999 g/mol. The Morgan fingerprint density at radius 1 is 0.722 bits per heavy atom. The van der Waals surface area contributed by atoms with Gasteiger partial charge in [-0.2, -0.15) is 0 Å². The molecule has 72 heavy (non-hydrogen) atoms. The minimum atomic E-state index is -2.42. The van der Waals surface area contributed by atoms with Crippen LogP contribution in [-0.2, 0) is 48.3 Å². The number of fused-ring (bicyclic) bond motifs is 5. The molecule has 11 rings (SSSR count). The number of aliphatic imine (C=N–C) groups is 1. The molecular formula is C53H61NO18. The van der Waals surface area contributed by atoms with Crippen LogP contribution in [0.15, 0.2) is 56.7 Å². The van der Waals surface area contributed by atoms with Crippen LogP contribution in [0.25, 0.3) is 33.4 Å². The molecule has 0 bridgehead atoms. The minimum Gasteiger partial charge on any atom is -0.507 e. The molecule has 0 radical (unpaired) electrons. The molecule has 0 spiro atoms. The Labute approximate surface area is 413 Å². The molecular weight excluding hydrogens is 939 g/mol. The average Bonchev–Trinajstić information content (AvgIpc) is 3.74. The number of carbonyl (C=O) groups is 1. The topological polar surface area (TPSA) is 275 Å². The fourth-order valence-corrected chi connectivity index (χ4v) is 12.1. The molecule has 3 aromatic carbocycles. The molecule has 1 saturated carbocycles. The summed E-state index contributed by atoms with van der Waals surface area (Å²) >= 11 is 0. The number of ether oxygens (including phenoxy) is 8. The Balaban J connectivity index is 0.846. The van der Waals surface area contributed by atoms with Gasteiger partial charge in [0.15, 0.2) is 36.5 Å². The van der Waals surface area contributed by atoms with E-state index in [0.29, 0.717) is 36.1 Å². The van der Waals surface area contributed by atoms with Crippen LogP contribution in [0.4, 0.5) is 5.69 Å². The molecule has 2 aliphatic carbocycles. The number of para-hydroxylation sites is 1. The second-order valence-electron chi connectivity index (χ2n) is 20.9. The van der Waals surface area contributed by atoms with Gasteiger partial charge in [0.05, 0.1) is 70.7 Å². The Hall–Kier alpha value is -4.71. The molecule has 386 valence electrons. The first kappa shape index (κ1) is 49.5. The number of aliphatic hydroxyl groups is 5. The second kappa shape index (κ2) is 18.3. The number of benzene rings is 3. The number of ketones is 1. The molecule has 19 heteroatoms. The summed E-state index contributed by atoms with van der Waals surface area (Å²) in [5.41, 5.74) is -5.87. The molecule has 19 nitrogen and oxygen atoms in total. The van der Waals surface area contributed by atoms with Gasteiger partial charge in [0.2, 0.25) is 0 Å². The summed E-state index contributed by atoms with van der Waals surface area (Å²) < 4.78 is 56.7. The Morgan fingerprint density at radius 2 is 1.36 bits per heavy atom. The minimum absolute atomic E-state index is 0.0407. The number of carbonyl (C=O) groups excluding carboxylic acids is 1.